The van der Waals surface area contributed by atoms with Crippen LogP contribution in [0.3, 0.4) is 0 Å². The highest BCUT2D eigenvalue weighted by Gasteiger charge is 2.16. The first-order valence-corrected chi connectivity index (χ1v) is 10.0. The fraction of sp³-hybridized carbons (Fsp3) is 0. The number of benzene rings is 4. The second-order valence-corrected chi connectivity index (χ2v) is 8.82. The molecule has 0 aromatic heterocycles. The first kappa shape index (κ1) is 15.6. The Morgan fingerprint density at radius 1 is 0.500 bits per heavy atom. The zero-order valence-corrected chi connectivity index (χ0v) is 15.5. The number of halogens is 1. The zero-order valence-electron chi connectivity index (χ0n) is 13.1. The molecule has 4 rings (SSSR count). The van der Waals surface area contributed by atoms with Gasteiger partial charge in [-0.05, 0) is 52.8 Å². The van der Waals surface area contributed by atoms with Crippen molar-refractivity contribution in [3.05, 3.63) is 102 Å². The summed E-state index contributed by atoms with van der Waals surface area (Å²) in [5, 5.41) is 6.70. The molecule has 0 amide bonds. The first-order valence-electron chi connectivity index (χ1n) is 7.91. The maximum absolute atomic E-state index is 3.59. The predicted octanol–water partition coefficient (Wildman–Crippen LogP) is 5.36. The Bertz CT molecular complexity index is 925. The van der Waals surface area contributed by atoms with Crippen LogP contribution in [0, 0.1) is 0 Å². The average Bonchev–Trinajstić information content (AvgIpc) is 2.63. The minimum atomic E-state index is -0.544. The largest absolute Gasteiger partial charge is 0.0622 e. The van der Waals surface area contributed by atoms with Crippen molar-refractivity contribution in [2.45, 2.75) is 0 Å². The van der Waals surface area contributed by atoms with Crippen molar-refractivity contribution in [2.24, 2.45) is 0 Å². The SMILES string of the molecule is Brc1ccc2ccc(P(c3ccccc3)c3ccccc3)cc2c1. The van der Waals surface area contributed by atoms with Gasteiger partial charge in [-0.15, -0.1) is 0 Å². The number of rotatable bonds is 3. The van der Waals surface area contributed by atoms with Crippen LogP contribution < -0.4 is 15.9 Å². The highest BCUT2D eigenvalue weighted by Crippen LogP contribution is 2.34. The average molecular weight is 391 g/mol. The van der Waals surface area contributed by atoms with E-state index in [9.17, 15) is 0 Å². The van der Waals surface area contributed by atoms with Crippen molar-refractivity contribution in [1.29, 1.82) is 0 Å². The van der Waals surface area contributed by atoms with Crippen LogP contribution in [0.4, 0.5) is 0 Å². The van der Waals surface area contributed by atoms with Crippen LogP contribution >= 0.6 is 23.9 Å². The van der Waals surface area contributed by atoms with E-state index >= 15 is 0 Å². The molecular weight excluding hydrogens is 375 g/mol. The second-order valence-electron chi connectivity index (χ2n) is 5.68. The maximum Gasteiger partial charge on any atom is 0.0181 e. The monoisotopic (exact) mass is 390 g/mol. The normalized spacial score (nSPS) is 11.1. The lowest BCUT2D eigenvalue weighted by atomic mass is 10.1. The van der Waals surface area contributed by atoms with Gasteiger partial charge in [0.2, 0.25) is 0 Å². The van der Waals surface area contributed by atoms with E-state index < -0.39 is 7.92 Å². The Morgan fingerprint density at radius 3 is 1.71 bits per heavy atom. The van der Waals surface area contributed by atoms with Gasteiger partial charge < -0.3 is 0 Å². The maximum atomic E-state index is 3.59. The van der Waals surface area contributed by atoms with Crippen LogP contribution in [-0.2, 0) is 0 Å². The second kappa shape index (κ2) is 6.89. The summed E-state index contributed by atoms with van der Waals surface area (Å²) in [5.41, 5.74) is 0. The van der Waals surface area contributed by atoms with Crippen molar-refractivity contribution >= 4 is 50.5 Å². The molecule has 0 aliphatic carbocycles. The predicted molar refractivity (Wildman–Crippen MR) is 110 cm³/mol. The fourth-order valence-electron chi connectivity index (χ4n) is 2.95. The summed E-state index contributed by atoms with van der Waals surface area (Å²) < 4.78 is 1.12. The van der Waals surface area contributed by atoms with E-state index in [4.69, 9.17) is 0 Å². The van der Waals surface area contributed by atoms with Gasteiger partial charge in [-0.25, -0.2) is 0 Å². The molecule has 0 bridgehead atoms. The number of fused-ring (bicyclic) bond motifs is 1. The molecule has 4 aromatic carbocycles. The molecule has 0 unspecified atom stereocenters. The summed E-state index contributed by atoms with van der Waals surface area (Å²) in [6, 6.07) is 35.0. The van der Waals surface area contributed by atoms with E-state index in [2.05, 4.69) is 113 Å². The van der Waals surface area contributed by atoms with Gasteiger partial charge in [-0.3, -0.25) is 0 Å². The van der Waals surface area contributed by atoms with E-state index in [0.29, 0.717) is 0 Å². The van der Waals surface area contributed by atoms with Gasteiger partial charge in [0.25, 0.3) is 0 Å². The molecule has 0 fully saturated rings. The van der Waals surface area contributed by atoms with Gasteiger partial charge in [-0.1, -0.05) is 94.8 Å². The molecule has 24 heavy (non-hydrogen) atoms. The molecule has 0 nitrogen and oxygen atoms in total. The van der Waals surface area contributed by atoms with Crippen molar-refractivity contribution in [1.82, 2.24) is 0 Å². The Kier molecular flexibility index (Phi) is 4.47. The molecule has 0 heterocycles. The lowest BCUT2D eigenvalue weighted by molar-refractivity contribution is 1.72. The molecule has 0 aliphatic heterocycles. The van der Waals surface area contributed by atoms with Crippen LogP contribution in [0.5, 0.6) is 0 Å². The van der Waals surface area contributed by atoms with E-state index in [0.717, 1.165) is 4.47 Å². The van der Waals surface area contributed by atoms with Crippen molar-refractivity contribution in [2.75, 3.05) is 0 Å². The number of hydrogen-bond acceptors (Lipinski definition) is 0. The Labute approximate surface area is 152 Å². The highest BCUT2D eigenvalue weighted by molar-refractivity contribution is 9.10. The molecule has 2 heteroatoms. The van der Waals surface area contributed by atoms with Crippen LogP contribution in [0.15, 0.2) is 102 Å². The zero-order chi connectivity index (χ0) is 16.4. The molecule has 4 aromatic rings. The molecule has 0 saturated heterocycles. The molecule has 0 N–H and O–H groups in total. The minimum absolute atomic E-state index is 0.544. The molecule has 0 atom stereocenters. The van der Waals surface area contributed by atoms with Crippen LogP contribution in [0.1, 0.15) is 0 Å². The van der Waals surface area contributed by atoms with Gasteiger partial charge >= 0.3 is 0 Å². The Morgan fingerprint density at radius 2 is 1.08 bits per heavy atom. The van der Waals surface area contributed by atoms with E-state index in [1.165, 1.54) is 26.7 Å². The van der Waals surface area contributed by atoms with Gasteiger partial charge in [-0.2, -0.15) is 0 Å². The van der Waals surface area contributed by atoms with Crippen molar-refractivity contribution < 1.29 is 0 Å². The molecule has 0 aliphatic rings. The molecule has 0 spiro atoms. The lowest BCUT2D eigenvalue weighted by Crippen LogP contribution is -2.20. The molecule has 0 saturated carbocycles. The van der Waals surface area contributed by atoms with E-state index in [1.54, 1.807) is 0 Å². The van der Waals surface area contributed by atoms with Gasteiger partial charge in [0.15, 0.2) is 0 Å². The van der Waals surface area contributed by atoms with Gasteiger partial charge in [0.05, 0.1) is 0 Å². The van der Waals surface area contributed by atoms with E-state index in [1.807, 2.05) is 0 Å². The van der Waals surface area contributed by atoms with Gasteiger partial charge in [0.1, 0.15) is 0 Å². The smallest absolute Gasteiger partial charge is 0.0181 e. The molecular formula is C22H16BrP. The first-order chi connectivity index (χ1) is 11.8. The van der Waals surface area contributed by atoms with Crippen LogP contribution in [0.2, 0.25) is 0 Å². The summed E-state index contributed by atoms with van der Waals surface area (Å²) >= 11 is 3.59. The molecule has 116 valence electrons. The topological polar surface area (TPSA) is 0 Å². The Balaban J connectivity index is 1.90. The third-order valence-electron chi connectivity index (χ3n) is 4.07. The van der Waals surface area contributed by atoms with E-state index in [-0.39, 0.29) is 0 Å². The lowest BCUT2D eigenvalue weighted by Gasteiger charge is -2.19. The fourth-order valence-corrected chi connectivity index (χ4v) is 5.65. The third-order valence-corrected chi connectivity index (χ3v) is 6.99. The third kappa shape index (κ3) is 3.15. The van der Waals surface area contributed by atoms with Crippen LogP contribution in [0.25, 0.3) is 10.8 Å². The minimum Gasteiger partial charge on any atom is -0.0622 e. The van der Waals surface area contributed by atoms with Gasteiger partial charge in [0, 0.05) is 4.47 Å². The quantitative estimate of drug-likeness (QED) is 0.413. The summed E-state index contributed by atoms with van der Waals surface area (Å²) in [4.78, 5) is 0. The van der Waals surface area contributed by atoms with Crippen LogP contribution in [-0.4, -0.2) is 0 Å². The number of hydrogen-bond donors (Lipinski definition) is 0. The standard InChI is InChI=1S/C22H16BrP/c23-19-13-11-17-12-14-22(16-18(17)15-19)24(20-7-3-1-4-8-20)21-9-5-2-6-10-21/h1-16H. The van der Waals surface area contributed by atoms with Crippen molar-refractivity contribution in [3.63, 3.8) is 0 Å². The summed E-state index contributed by atoms with van der Waals surface area (Å²) in [5.74, 6) is 0. The van der Waals surface area contributed by atoms with Crippen molar-refractivity contribution in [3.8, 4) is 0 Å². The summed E-state index contributed by atoms with van der Waals surface area (Å²) in [7, 11) is -0.544. The molecule has 0 radical (unpaired) electrons. The Hall–Kier alpha value is -1.95. The highest BCUT2D eigenvalue weighted by atomic mass is 79.9. The summed E-state index contributed by atoms with van der Waals surface area (Å²) in [6.07, 6.45) is 0. The summed E-state index contributed by atoms with van der Waals surface area (Å²) in [6.45, 7) is 0.